The van der Waals surface area contributed by atoms with Gasteiger partial charge in [-0.15, -0.1) is 0 Å². The van der Waals surface area contributed by atoms with Gasteiger partial charge >= 0.3 is 0 Å². The number of nitrogens with one attached hydrogen (secondary N) is 1. The summed E-state index contributed by atoms with van der Waals surface area (Å²) in [6, 6.07) is 10.1. The standard InChI is InChI=1S/C15H20BrNO/c1-2-13(16)8-11-17-14(18)15(9-10-15)12-6-4-3-5-7-12/h3-7,13H,2,8-11H2,1H3,(H,17,18). The van der Waals surface area contributed by atoms with E-state index in [-0.39, 0.29) is 11.3 Å². The van der Waals surface area contributed by atoms with Gasteiger partial charge in [-0.1, -0.05) is 53.2 Å². The van der Waals surface area contributed by atoms with E-state index in [1.54, 1.807) is 0 Å². The molecule has 0 aliphatic heterocycles. The number of benzene rings is 1. The molecule has 98 valence electrons. The third-order valence-electron chi connectivity index (χ3n) is 3.70. The van der Waals surface area contributed by atoms with Gasteiger partial charge in [-0.25, -0.2) is 0 Å². The van der Waals surface area contributed by atoms with Crippen LogP contribution in [0, 0.1) is 0 Å². The monoisotopic (exact) mass is 309 g/mol. The SMILES string of the molecule is CCC(Br)CCNC(=O)C1(c2ccccc2)CC1. The summed E-state index contributed by atoms with van der Waals surface area (Å²) in [6.45, 7) is 2.91. The van der Waals surface area contributed by atoms with Crippen LogP contribution in [0.5, 0.6) is 0 Å². The Bertz CT molecular complexity index is 400. The number of alkyl halides is 1. The second-order valence-corrected chi connectivity index (χ2v) is 6.29. The first-order valence-electron chi connectivity index (χ1n) is 6.67. The minimum absolute atomic E-state index is 0.199. The van der Waals surface area contributed by atoms with E-state index in [4.69, 9.17) is 0 Å². The summed E-state index contributed by atoms with van der Waals surface area (Å²) in [4.78, 5) is 12.8. The van der Waals surface area contributed by atoms with Crippen LogP contribution in [0.15, 0.2) is 30.3 Å². The molecule has 2 nitrogen and oxygen atoms in total. The molecule has 0 heterocycles. The Morgan fingerprint density at radius 2 is 2.06 bits per heavy atom. The Balaban J connectivity index is 1.90. The zero-order valence-electron chi connectivity index (χ0n) is 10.8. The Morgan fingerprint density at radius 1 is 1.39 bits per heavy atom. The van der Waals surface area contributed by atoms with Crippen molar-refractivity contribution in [3.63, 3.8) is 0 Å². The minimum atomic E-state index is -0.227. The molecular weight excluding hydrogens is 290 g/mol. The van der Waals surface area contributed by atoms with E-state index in [9.17, 15) is 4.79 Å². The summed E-state index contributed by atoms with van der Waals surface area (Å²) in [5, 5.41) is 3.08. The Morgan fingerprint density at radius 3 is 2.61 bits per heavy atom. The molecule has 1 aromatic rings. The molecule has 1 unspecified atom stereocenters. The van der Waals surface area contributed by atoms with Crippen molar-refractivity contribution in [2.75, 3.05) is 6.54 Å². The third kappa shape index (κ3) is 2.94. The predicted octanol–water partition coefficient (Wildman–Crippen LogP) is 3.40. The summed E-state index contributed by atoms with van der Waals surface area (Å²) < 4.78 is 0. The summed E-state index contributed by atoms with van der Waals surface area (Å²) in [5.41, 5.74) is 0.934. The number of hydrogen-bond donors (Lipinski definition) is 1. The van der Waals surface area contributed by atoms with Gasteiger partial charge in [0.1, 0.15) is 0 Å². The van der Waals surface area contributed by atoms with Crippen LogP contribution in [0.25, 0.3) is 0 Å². The van der Waals surface area contributed by atoms with Crippen LogP contribution in [-0.2, 0) is 10.2 Å². The van der Waals surface area contributed by atoms with Crippen LogP contribution in [0.4, 0.5) is 0 Å². The summed E-state index contributed by atoms with van der Waals surface area (Å²) in [7, 11) is 0. The summed E-state index contributed by atoms with van der Waals surface area (Å²) in [5.74, 6) is 0.199. The van der Waals surface area contributed by atoms with E-state index in [1.165, 1.54) is 0 Å². The fraction of sp³-hybridized carbons (Fsp3) is 0.533. The molecule has 18 heavy (non-hydrogen) atoms. The molecule has 0 radical (unpaired) electrons. The molecule has 1 atom stereocenters. The Labute approximate surface area is 117 Å². The van der Waals surface area contributed by atoms with E-state index in [1.807, 2.05) is 18.2 Å². The maximum Gasteiger partial charge on any atom is 0.230 e. The number of hydrogen-bond acceptors (Lipinski definition) is 1. The number of rotatable bonds is 6. The highest BCUT2D eigenvalue weighted by atomic mass is 79.9. The highest BCUT2D eigenvalue weighted by Gasteiger charge is 2.50. The van der Waals surface area contributed by atoms with E-state index >= 15 is 0 Å². The van der Waals surface area contributed by atoms with Gasteiger partial charge in [-0.05, 0) is 31.2 Å². The fourth-order valence-electron chi connectivity index (χ4n) is 2.24. The largest absolute Gasteiger partial charge is 0.355 e. The first-order chi connectivity index (χ1) is 8.69. The lowest BCUT2D eigenvalue weighted by Gasteiger charge is -2.16. The summed E-state index contributed by atoms with van der Waals surface area (Å²) in [6.07, 6.45) is 4.05. The maximum absolute atomic E-state index is 12.3. The van der Waals surface area contributed by atoms with Crippen molar-refractivity contribution in [2.24, 2.45) is 0 Å². The van der Waals surface area contributed by atoms with Gasteiger partial charge in [-0.2, -0.15) is 0 Å². The average molecular weight is 310 g/mol. The van der Waals surface area contributed by atoms with Gasteiger partial charge < -0.3 is 5.32 Å². The number of carbonyl (C=O) groups is 1. The first-order valence-corrected chi connectivity index (χ1v) is 7.58. The normalized spacial score (nSPS) is 18.1. The molecule has 3 heteroatoms. The van der Waals surface area contributed by atoms with Crippen LogP contribution in [0.3, 0.4) is 0 Å². The fourth-order valence-corrected chi connectivity index (χ4v) is 2.47. The van der Waals surface area contributed by atoms with Crippen molar-refractivity contribution >= 4 is 21.8 Å². The molecule has 2 rings (SSSR count). The second-order valence-electron chi connectivity index (χ2n) is 5.00. The van der Waals surface area contributed by atoms with Gasteiger partial charge in [0, 0.05) is 11.4 Å². The molecular formula is C15H20BrNO. The van der Waals surface area contributed by atoms with E-state index in [0.717, 1.165) is 37.8 Å². The predicted molar refractivity (Wildman–Crippen MR) is 78.0 cm³/mol. The van der Waals surface area contributed by atoms with Crippen molar-refractivity contribution in [2.45, 2.75) is 42.8 Å². The molecule has 1 aliphatic carbocycles. The molecule has 1 saturated carbocycles. The van der Waals surface area contributed by atoms with Crippen LogP contribution < -0.4 is 5.32 Å². The maximum atomic E-state index is 12.3. The lowest BCUT2D eigenvalue weighted by molar-refractivity contribution is -0.123. The molecule has 1 aliphatic rings. The Kier molecular flexibility index (Phi) is 4.44. The zero-order chi connectivity index (χ0) is 13.0. The van der Waals surface area contributed by atoms with Crippen LogP contribution in [0.2, 0.25) is 0 Å². The minimum Gasteiger partial charge on any atom is -0.355 e. The van der Waals surface area contributed by atoms with Gasteiger partial charge in [0.15, 0.2) is 0 Å². The van der Waals surface area contributed by atoms with Crippen molar-refractivity contribution in [3.05, 3.63) is 35.9 Å². The van der Waals surface area contributed by atoms with Crippen molar-refractivity contribution in [3.8, 4) is 0 Å². The van der Waals surface area contributed by atoms with Crippen LogP contribution in [-0.4, -0.2) is 17.3 Å². The van der Waals surface area contributed by atoms with Gasteiger partial charge in [-0.3, -0.25) is 4.79 Å². The molecule has 0 saturated heterocycles. The highest BCUT2D eigenvalue weighted by molar-refractivity contribution is 9.09. The molecule has 1 amide bonds. The molecule has 1 fully saturated rings. The van der Waals surface area contributed by atoms with E-state index in [0.29, 0.717) is 4.83 Å². The first kappa shape index (κ1) is 13.6. The second kappa shape index (κ2) is 5.87. The molecule has 1 aromatic carbocycles. The van der Waals surface area contributed by atoms with E-state index in [2.05, 4.69) is 40.3 Å². The average Bonchev–Trinajstić information content (AvgIpc) is 3.21. The number of amides is 1. The summed E-state index contributed by atoms with van der Waals surface area (Å²) >= 11 is 3.59. The van der Waals surface area contributed by atoms with Gasteiger partial charge in [0.25, 0.3) is 0 Å². The van der Waals surface area contributed by atoms with Crippen molar-refractivity contribution < 1.29 is 4.79 Å². The molecule has 0 aromatic heterocycles. The lowest BCUT2D eigenvalue weighted by Crippen LogP contribution is -2.35. The van der Waals surface area contributed by atoms with Crippen LogP contribution in [0.1, 0.15) is 38.2 Å². The third-order valence-corrected chi connectivity index (χ3v) is 4.80. The molecule has 0 spiro atoms. The van der Waals surface area contributed by atoms with Crippen molar-refractivity contribution in [1.29, 1.82) is 0 Å². The van der Waals surface area contributed by atoms with Gasteiger partial charge in [0.2, 0.25) is 5.91 Å². The quantitative estimate of drug-likeness (QED) is 0.802. The number of carbonyl (C=O) groups excluding carboxylic acids is 1. The van der Waals surface area contributed by atoms with E-state index < -0.39 is 0 Å². The van der Waals surface area contributed by atoms with Crippen LogP contribution >= 0.6 is 15.9 Å². The lowest BCUT2D eigenvalue weighted by atomic mass is 9.95. The smallest absolute Gasteiger partial charge is 0.230 e. The number of halogens is 1. The Hall–Kier alpha value is -0.830. The van der Waals surface area contributed by atoms with Gasteiger partial charge in [0.05, 0.1) is 5.41 Å². The molecule has 1 N–H and O–H groups in total. The topological polar surface area (TPSA) is 29.1 Å². The molecule has 0 bridgehead atoms. The zero-order valence-corrected chi connectivity index (χ0v) is 12.4. The highest BCUT2D eigenvalue weighted by Crippen LogP contribution is 2.48. The van der Waals surface area contributed by atoms with Crippen molar-refractivity contribution in [1.82, 2.24) is 5.32 Å².